The third-order valence-corrected chi connectivity index (χ3v) is 8.45. The number of hydrogen-bond donors (Lipinski definition) is 2. The molecule has 0 radical (unpaired) electrons. The molecule has 12 heteroatoms. The van der Waals surface area contributed by atoms with Gasteiger partial charge >= 0.3 is 5.76 Å². The van der Waals surface area contributed by atoms with Crippen molar-refractivity contribution in [1.29, 1.82) is 5.26 Å². The van der Waals surface area contributed by atoms with Crippen molar-refractivity contribution < 1.29 is 22.0 Å². The monoisotopic (exact) mass is 479 g/mol. The van der Waals surface area contributed by atoms with Gasteiger partial charge in [0.2, 0.25) is 11.5 Å². The molecule has 2 N–H and O–H groups in total. The number of carbonyl (C=O) groups excluding carboxylic acids is 1. The van der Waals surface area contributed by atoms with Crippen LogP contribution in [0.1, 0.15) is 53.4 Å². The lowest BCUT2D eigenvalue weighted by molar-refractivity contribution is -0.122. The molecule has 180 valence electrons. The first-order chi connectivity index (χ1) is 15.4. The molecular formula is C21H29N5O6S. The molecule has 0 aromatic carbocycles. The lowest BCUT2D eigenvalue weighted by Gasteiger charge is -2.32. The van der Waals surface area contributed by atoms with Gasteiger partial charge < -0.3 is 19.5 Å². The zero-order chi connectivity index (χ0) is 24.4. The van der Waals surface area contributed by atoms with Crippen LogP contribution in [0.3, 0.4) is 0 Å². The zero-order valence-electron chi connectivity index (χ0n) is 19.2. The molecule has 3 unspecified atom stereocenters. The van der Waals surface area contributed by atoms with Gasteiger partial charge in [-0.15, -0.1) is 0 Å². The third kappa shape index (κ3) is 5.35. The maximum atomic E-state index is 13.3. The van der Waals surface area contributed by atoms with Crippen molar-refractivity contribution in [3.63, 3.8) is 0 Å². The van der Waals surface area contributed by atoms with Gasteiger partial charge in [-0.3, -0.25) is 4.79 Å². The molecule has 33 heavy (non-hydrogen) atoms. The van der Waals surface area contributed by atoms with Crippen LogP contribution in [0.4, 0.5) is 5.82 Å². The van der Waals surface area contributed by atoms with Gasteiger partial charge in [-0.05, 0) is 30.6 Å². The van der Waals surface area contributed by atoms with Crippen molar-refractivity contribution in [2.24, 2.45) is 11.3 Å². The van der Waals surface area contributed by atoms with Crippen LogP contribution in [-0.4, -0.2) is 47.4 Å². The van der Waals surface area contributed by atoms with Crippen LogP contribution in [-0.2, 0) is 14.6 Å². The molecule has 0 bridgehead atoms. The van der Waals surface area contributed by atoms with E-state index in [0.717, 1.165) is 19.2 Å². The first kappa shape index (κ1) is 24.7. The predicted octanol–water partition coefficient (Wildman–Crippen LogP) is 2.01. The lowest BCUT2D eigenvalue weighted by atomic mass is 9.75. The minimum absolute atomic E-state index is 0.00636. The Bertz CT molecular complexity index is 1230. The molecule has 1 aliphatic rings. The number of nitrogens with zero attached hydrogens (tertiary/aromatic N) is 3. The Morgan fingerprint density at radius 3 is 2.79 bits per heavy atom. The molecule has 1 amide bonds. The summed E-state index contributed by atoms with van der Waals surface area (Å²) in [6.07, 6.45) is 3.69. The molecule has 2 aromatic rings. The van der Waals surface area contributed by atoms with E-state index < -0.39 is 38.8 Å². The molecule has 0 aliphatic heterocycles. The molecule has 3 rings (SSSR count). The van der Waals surface area contributed by atoms with Crippen LogP contribution >= 0.6 is 0 Å². The summed E-state index contributed by atoms with van der Waals surface area (Å²) < 4.78 is 34.8. The number of aromatic nitrogens is 2. The third-order valence-electron chi connectivity index (χ3n) is 6.73. The second kappa shape index (κ2) is 9.13. The molecule has 0 saturated heterocycles. The van der Waals surface area contributed by atoms with Gasteiger partial charge in [-0.1, -0.05) is 34.1 Å². The Hall–Kier alpha value is -2.94. The van der Waals surface area contributed by atoms with Gasteiger partial charge in [0.05, 0.1) is 11.8 Å². The number of amides is 1. The molecule has 3 atom stereocenters. The number of hydrogen-bond acceptors (Lipinski definition) is 10. The van der Waals surface area contributed by atoms with Crippen LogP contribution in [0.25, 0.3) is 11.3 Å². The summed E-state index contributed by atoms with van der Waals surface area (Å²) in [6, 6.07) is 0.928. The highest BCUT2D eigenvalue weighted by molar-refractivity contribution is 7.91. The molecule has 1 fully saturated rings. The summed E-state index contributed by atoms with van der Waals surface area (Å²) in [6.45, 7) is 7.84. The fourth-order valence-corrected chi connectivity index (χ4v) is 5.08. The van der Waals surface area contributed by atoms with Crippen molar-refractivity contribution >= 4 is 32.9 Å². The van der Waals surface area contributed by atoms with Crippen LogP contribution in [0.2, 0.25) is 0 Å². The first-order valence-corrected chi connectivity index (χ1v) is 12.7. The van der Waals surface area contributed by atoms with E-state index in [1.807, 2.05) is 0 Å². The molecular weight excluding hydrogens is 450 g/mol. The van der Waals surface area contributed by atoms with E-state index in [4.69, 9.17) is 8.83 Å². The Morgan fingerprint density at radius 2 is 2.15 bits per heavy atom. The zero-order valence-corrected chi connectivity index (χ0v) is 20.0. The van der Waals surface area contributed by atoms with Crippen LogP contribution in [0, 0.1) is 22.7 Å². The van der Waals surface area contributed by atoms with E-state index in [2.05, 4.69) is 47.4 Å². The van der Waals surface area contributed by atoms with Crippen molar-refractivity contribution in [3.8, 4) is 6.07 Å². The van der Waals surface area contributed by atoms with Crippen molar-refractivity contribution in [3.05, 3.63) is 16.9 Å². The second-order valence-corrected chi connectivity index (χ2v) is 11.6. The van der Waals surface area contributed by atoms with Gasteiger partial charge in [-0.2, -0.15) is 15.2 Å². The first-order valence-electron chi connectivity index (χ1n) is 10.9. The number of rotatable bonds is 9. The van der Waals surface area contributed by atoms with E-state index >= 15 is 0 Å². The molecule has 1 aliphatic carbocycles. The van der Waals surface area contributed by atoms with Crippen molar-refractivity contribution in [2.75, 3.05) is 16.8 Å². The summed E-state index contributed by atoms with van der Waals surface area (Å²) in [7, 11) is -3.61. The Morgan fingerprint density at radius 1 is 1.42 bits per heavy atom. The average molecular weight is 480 g/mol. The van der Waals surface area contributed by atoms with Gasteiger partial charge in [0.15, 0.2) is 22.0 Å². The summed E-state index contributed by atoms with van der Waals surface area (Å²) in [5.41, 5.74) is -1.26. The number of oxazole rings is 1. The quantitative estimate of drug-likeness (QED) is 0.542. The normalized spacial score (nSPS) is 22.1. The summed E-state index contributed by atoms with van der Waals surface area (Å²) in [4.78, 5) is 32.5. The van der Waals surface area contributed by atoms with E-state index in [-0.39, 0.29) is 34.2 Å². The summed E-state index contributed by atoms with van der Waals surface area (Å²) >= 11 is 0. The molecule has 2 aromatic heterocycles. The second-order valence-electron chi connectivity index (χ2n) is 9.18. The maximum Gasteiger partial charge on any atom is 0.442 e. The van der Waals surface area contributed by atoms with Gasteiger partial charge in [0.25, 0.3) is 5.71 Å². The Kier molecular flexibility index (Phi) is 6.83. The minimum atomic E-state index is -3.61. The highest BCUT2D eigenvalue weighted by Crippen LogP contribution is 2.45. The van der Waals surface area contributed by atoms with Gasteiger partial charge in [-0.25, -0.2) is 13.2 Å². The number of carbonyl (C=O) groups is 1. The van der Waals surface area contributed by atoms with Crippen molar-refractivity contribution in [1.82, 2.24) is 15.3 Å². The summed E-state index contributed by atoms with van der Waals surface area (Å²) in [5.74, 6) is -2.32. The van der Waals surface area contributed by atoms with E-state index in [0.29, 0.717) is 12.8 Å². The van der Waals surface area contributed by atoms with Gasteiger partial charge in [0, 0.05) is 5.75 Å². The maximum absolute atomic E-state index is 13.3. The lowest BCUT2D eigenvalue weighted by Crippen LogP contribution is -2.53. The SMILES string of the molecule is CCC(C)(C)C1CCC(C#N)(NC(=O)C(CS(=O)(=O)CC)Nc2nc(=O)oc3ncoc23)C1. The van der Waals surface area contributed by atoms with Crippen LogP contribution in [0.5, 0.6) is 0 Å². The molecule has 11 nitrogen and oxygen atoms in total. The number of sulfone groups is 1. The van der Waals surface area contributed by atoms with Gasteiger partial charge in [0.1, 0.15) is 11.6 Å². The average Bonchev–Trinajstić information content (AvgIpc) is 3.41. The molecule has 2 heterocycles. The van der Waals surface area contributed by atoms with Crippen LogP contribution < -0.4 is 16.4 Å². The fraction of sp³-hybridized carbons (Fsp3) is 0.667. The highest BCUT2D eigenvalue weighted by Gasteiger charge is 2.46. The number of nitrogens with one attached hydrogen (secondary N) is 2. The van der Waals surface area contributed by atoms with Crippen molar-refractivity contribution in [2.45, 2.75) is 65.0 Å². The largest absolute Gasteiger partial charge is 0.442 e. The molecule has 0 spiro atoms. The highest BCUT2D eigenvalue weighted by atomic mass is 32.2. The smallest absolute Gasteiger partial charge is 0.436 e. The van der Waals surface area contributed by atoms with Crippen LogP contribution in [0.15, 0.2) is 20.0 Å². The standard InChI is InChI=1S/C21H29N5O6S/c1-5-20(3,4)13-7-8-21(9-13,11-22)26-17(27)14(10-33(29,30)6-2)24-16-15-18(23-12-31-15)32-19(28)25-16/h12-14H,5-10H2,1-4H3,(H,26,27)(H,24,25,28). The minimum Gasteiger partial charge on any atom is -0.436 e. The van der Waals surface area contributed by atoms with E-state index in [9.17, 15) is 23.3 Å². The summed E-state index contributed by atoms with van der Waals surface area (Å²) in [5, 5.41) is 15.4. The number of fused-ring (bicyclic) bond motifs is 1. The van der Waals surface area contributed by atoms with E-state index in [1.54, 1.807) is 0 Å². The number of anilines is 1. The predicted molar refractivity (Wildman–Crippen MR) is 120 cm³/mol. The Balaban J connectivity index is 1.89. The topological polar surface area (TPSA) is 168 Å². The Labute approximate surface area is 191 Å². The molecule has 1 saturated carbocycles. The fourth-order valence-electron chi connectivity index (χ4n) is 4.10. The van der Waals surface area contributed by atoms with E-state index in [1.165, 1.54) is 6.92 Å². The number of nitriles is 1.